The summed E-state index contributed by atoms with van der Waals surface area (Å²) in [7, 11) is 0. The van der Waals surface area contributed by atoms with Crippen molar-refractivity contribution in [3.63, 3.8) is 0 Å². The molecule has 55 heavy (non-hydrogen) atoms. The van der Waals surface area contributed by atoms with Crippen LogP contribution in [0.4, 0.5) is 0 Å². The number of unbranched alkanes of at least 4 members (excludes halogenated alkanes) is 23. The zero-order chi connectivity index (χ0) is 40.5. The van der Waals surface area contributed by atoms with Gasteiger partial charge in [-0.2, -0.15) is 0 Å². The Morgan fingerprint density at radius 3 is 1.56 bits per heavy atom. The van der Waals surface area contributed by atoms with E-state index in [2.05, 4.69) is 31.3 Å². The molecule has 1 aliphatic heterocycles. The zero-order valence-electron chi connectivity index (χ0n) is 34.9. The monoisotopic (exact) mass is 788 g/mol. The van der Waals surface area contributed by atoms with Gasteiger partial charge in [-0.3, -0.25) is 4.79 Å². The first-order valence-corrected chi connectivity index (χ1v) is 22.6. The van der Waals surface area contributed by atoms with Crippen molar-refractivity contribution >= 4 is 5.91 Å². The lowest BCUT2D eigenvalue weighted by molar-refractivity contribution is -0.303. The minimum absolute atomic E-state index is 0.247. The molecule has 11 heteroatoms. The molecule has 9 unspecified atom stereocenters. The van der Waals surface area contributed by atoms with E-state index in [1.165, 1.54) is 103 Å². The van der Waals surface area contributed by atoms with Gasteiger partial charge in [-0.1, -0.05) is 167 Å². The molecule has 0 aliphatic carbocycles. The van der Waals surface area contributed by atoms with E-state index in [4.69, 9.17) is 9.47 Å². The lowest BCUT2D eigenvalue weighted by atomic mass is 9.98. The highest BCUT2D eigenvalue weighted by Crippen LogP contribution is 2.23. The van der Waals surface area contributed by atoms with Crippen LogP contribution in [-0.2, 0) is 14.3 Å². The molecule has 11 nitrogen and oxygen atoms in total. The molecule has 0 aromatic rings. The first kappa shape index (κ1) is 51.9. The Bertz CT molecular complexity index is 908. The topological polar surface area (TPSA) is 189 Å². The number of hydrogen-bond donors (Lipinski definition) is 8. The van der Waals surface area contributed by atoms with E-state index in [-0.39, 0.29) is 6.42 Å². The molecule has 0 aromatic heterocycles. The molecular weight excluding hydrogens is 702 g/mol. The summed E-state index contributed by atoms with van der Waals surface area (Å²) < 4.78 is 11.1. The fourth-order valence-corrected chi connectivity index (χ4v) is 7.26. The van der Waals surface area contributed by atoms with E-state index in [1.54, 1.807) is 0 Å². The Morgan fingerprint density at radius 2 is 1.05 bits per heavy atom. The Kier molecular flexibility index (Phi) is 32.9. The predicted octanol–water partition coefficient (Wildman–Crippen LogP) is 6.89. The third-order valence-corrected chi connectivity index (χ3v) is 11.1. The average Bonchev–Trinajstić information content (AvgIpc) is 3.18. The number of hydrogen-bond acceptors (Lipinski definition) is 10. The molecule has 1 heterocycles. The van der Waals surface area contributed by atoms with Gasteiger partial charge >= 0.3 is 0 Å². The summed E-state index contributed by atoms with van der Waals surface area (Å²) in [5.41, 5.74) is 0. The van der Waals surface area contributed by atoms with Crippen LogP contribution in [0.2, 0.25) is 0 Å². The smallest absolute Gasteiger partial charge is 0.249 e. The first-order valence-electron chi connectivity index (χ1n) is 22.6. The fourth-order valence-electron chi connectivity index (χ4n) is 7.26. The second-order valence-electron chi connectivity index (χ2n) is 16.1. The Balaban J connectivity index is 2.46. The quantitative estimate of drug-likeness (QED) is 0.0243. The number of carbonyl (C=O) groups is 1. The molecule has 1 saturated heterocycles. The van der Waals surface area contributed by atoms with Crippen LogP contribution in [0.5, 0.6) is 0 Å². The molecule has 9 atom stereocenters. The normalized spacial score (nSPS) is 22.5. The molecule has 1 fully saturated rings. The summed E-state index contributed by atoms with van der Waals surface area (Å²) in [6.07, 6.45) is 24.1. The number of rotatable bonds is 37. The van der Waals surface area contributed by atoms with Gasteiger partial charge in [0.1, 0.15) is 36.6 Å². The van der Waals surface area contributed by atoms with Crippen LogP contribution in [0, 0.1) is 0 Å². The summed E-state index contributed by atoms with van der Waals surface area (Å²) in [5.74, 6) is -0.707. The highest BCUT2D eigenvalue weighted by atomic mass is 16.7. The first-order chi connectivity index (χ1) is 26.7. The zero-order valence-corrected chi connectivity index (χ0v) is 34.9. The van der Waals surface area contributed by atoms with E-state index in [0.717, 1.165) is 51.4 Å². The number of aliphatic hydroxyl groups is 7. The van der Waals surface area contributed by atoms with Crippen LogP contribution in [0.3, 0.4) is 0 Å². The number of ether oxygens (including phenoxy) is 2. The van der Waals surface area contributed by atoms with Crippen molar-refractivity contribution in [1.29, 1.82) is 0 Å². The highest BCUT2D eigenvalue weighted by molar-refractivity contribution is 5.80. The highest BCUT2D eigenvalue weighted by Gasteiger charge is 2.44. The van der Waals surface area contributed by atoms with Crippen LogP contribution >= 0.6 is 0 Å². The number of amides is 1. The Labute approximate surface area is 334 Å². The van der Waals surface area contributed by atoms with E-state index < -0.39 is 74.2 Å². The van der Waals surface area contributed by atoms with Crippen molar-refractivity contribution in [3.05, 3.63) is 12.2 Å². The molecule has 1 amide bonds. The van der Waals surface area contributed by atoms with E-state index in [0.29, 0.717) is 19.3 Å². The minimum atomic E-state index is -1.66. The Hall–Kier alpha value is -1.15. The third kappa shape index (κ3) is 25.1. The Morgan fingerprint density at radius 1 is 0.618 bits per heavy atom. The van der Waals surface area contributed by atoms with Crippen molar-refractivity contribution in [2.75, 3.05) is 13.2 Å². The van der Waals surface area contributed by atoms with Crippen molar-refractivity contribution in [2.24, 2.45) is 0 Å². The van der Waals surface area contributed by atoms with E-state index in [9.17, 15) is 40.5 Å². The van der Waals surface area contributed by atoms with Gasteiger partial charge in [-0.05, 0) is 38.5 Å². The molecule has 1 rings (SSSR count). The van der Waals surface area contributed by atoms with Gasteiger partial charge in [0.05, 0.1) is 25.4 Å². The van der Waals surface area contributed by atoms with Crippen LogP contribution in [0.15, 0.2) is 12.2 Å². The molecular formula is C44H85NO10. The molecule has 1 aliphatic rings. The molecule has 0 saturated carbocycles. The maximum absolute atomic E-state index is 13.0. The van der Waals surface area contributed by atoms with Gasteiger partial charge < -0.3 is 50.5 Å². The third-order valence-electron chi connectivity index (χ3n) is 11.1. The van der Waals surface area contributed by atoms with Gasteiger partial charge in [-0.25, -0.2) is 0 Å². The molecule has 0 aromatic carbocycles. The maximum Gasteiger partial charge on any atom is 0.249 e. The molecule has 8 N–H and O–H groups in total. The van der Waals surface area contributed by atoms with Crippen LogP contribution in [0.1, 0.15) is 194 Å². The average molecular weight is 788 g/mol. The van der Waals surface area contributed by atoms with Gasteiger partial charge in [0.2, 0.25) is 5.91 Å². The summed E-state index contributed by atoms with van der Waals surface area (Å²) in [4.78, 5) is 13.0. The van der Waals surface area contributed by atoms with Gasteiger partial charge in [0, 0.05) is 0 Å². The number of nitrogens with one attached hydrogen (secondary N) is 1. The molecule has 0 radical (unpaired) electrons. The van der Waals surface area contributed by atoms with Crippen molar-refractivity contribution < 1.29 is 50.0 Å². The second-order valence-corrected chi connectivity index (χ2v) is 16.1. The minimum Gasteiger partial charge on any atom is -0.394 e. The largest absolute Gasteiger partial charge is 0.394 e. The summed E-state index contributed by atoms with van der Waals surface area (Å²) in [6, 6.07) is -1.17. The van der Waals surface area contributed by atoms with Crippen molar-refractivity contribution in [1.82, 2.24) is 5.32 Å². The molecule has 0 bridgehead atoms. The van der Waals surface area contributed by atoms with Gasteiger partial charge in [0.15, 0.2) is 6.29 Å². The predicted molar refractivity (Wildman–Crippen MR) is 219 cm³/mol. The lowest BCUT2D eigenvalue weighted by Gasteiger charge is -2.40. The summed E-state index contributed by atoms with van der Waals surface area (Å²) in [6.45, 7) is 3.40. The van der Waals surface area contributed by atoms with Gasteiger partial charge in [0.25, 0.3) is 0 Å². The van der Waals surface area contributed by atoms with Crippen molar-refractivity contribution in [2.45, 2.75) is 249 Å². The summed E-state index contributed by atoms with van der Waals surface area (Å²) >= 11 is 0. The van der Waals surface area contributed by atoms with Crippen LogP contribution in [0.25, 0.3) is 0 Å². The maximum atomic E-state index is 13.0. The number of allylic oxidation sites excluding steroid dienone is 2. The van der Waals surface area contributed by atoms with Gasteiger partial charge in [-0.15, -0.1) is 0 Å². The number of aliphatic hydroxyl groups excluding tert-OH is 7. The standard InChI is InChI=1S/C44H85NO10/c1-3-5-7-9-11-13-15-16-17-18-19-20-22-23-25-27-29-31-36(47)39(49)35(34-54-44-42(52)41(51)40(50)38(33-46)55-44)45-43(53)37(48)32-30-28-26-24-21-14-12-10-8-6-4-2/h12,14,35-42,44,46-52H,3-11,13,15-34H2,1-2H3,(H,45,53)/b14-12-. The SMILES string of the molecule is CCCCC/C=C\CCCCCCC(O)C(=O)NC(COC1OC(CO)C(O)C(O)C1O)C(O)C(O)CCCCCCCCCCCCCCCCCCC. The molecule has 326 valence electrons. The van der Waals surface area contributed by atoms with E-state index >= 15 is 0 Å². The van der Waals surface area contributed by atoms with Crippen LogP contribution in [-0.4, -0.2) is 110 Å². The fraction of sp³-hybridized carbons (Fsp3) is 0.932. The lowest BCUT2D eigenvalue weighted by Crippen LogP contribution is -2.60. The van der Waals surface area contributed by atoms with Crippen molar-refractivity contribution in [3.8, 4) is 0 Å². The second kappa shape index (κ2) is 34.9. The number of carbonyl (C=O) groups excluding carboxylic acids is 1. The molecule has 0 spiro atoms. The van der Waals surface area contributed by atoms with E-state index in [1.807, 2.05) is 0 Å². The van der Waals surface area contributed by atoms with Crippen LogP contribution < -0.4 is 5.32 Å². The summed E-state index contributed by atoms with van der Waals surface area (Å²) in [5, 5.41) is 75.5.